The number of aliphatic carboxylic acids is 1. The number of ether oxygens (including phenoxy) is 1. The number of benzene rings is 1. The molecular weight excluding hydrogens is 246 g/mol. The van der Waals surface area contributed by atoms with Crippen LogP contribution in [0.5, 0.6) is 5.75 Å². The first-order chi connectivity index (χ1) is 9.22. The Morgan fingerprint density at radius 1 is 1.37 bits per heavy atom. The highest BCUT2D eigenvalue weighted by Gasteiger charge is 2.53. The SMILES string of the molecule is O=C(O)C1(n2cnnc2COc2ccccc2)CC1. The van der Waals surface area contributed by atoms with E-state index < -0.39 is 11.5 Å². The van der Waals surface area contributed by atoms with Crippen molar-refractivity contribution < 1.29 is 14.6 Å². The van der Waals surface area contributed by atoms with Gasteiger partial charge in [-0.1, -0.05) is 18.2 Å². The second kappa shape index (κ2) is 4.38. The lowest BCUT2D eigenvalue weighted by Crippen LogP contribution is -2.29. The standard InChI is InChI=1S/C13H13N3O3/c17-12(18)13(6-7-13)16-9-14-15-11(16)8-19-10-4-2-1-3-5-10/h1-5,9H,6-8H2,(H,17,18). The predicted molar refractivity (Wildman–Crippen MR) is 65.6 cm³/mol. The Morgan fingerprint density at radius 3 is 2.74 bits per heavy atom. The summed E-state index contributed by atoms with van der Waals surface area (Å²) in [5.74, 6) is 0.411. The van der Waals surface area contributed by atoms with Gasteiger partial charge in [0, 0.05) is 0 Å². The molecule has 1 aliphatic carbocycles. The van der Waals surface area contributed by atoms with Crippen LogP contribution in [0.1, 0.15) is 18.7 Å². The van der Waals surface area contributed by atoms with Crippen molar-refractivity contribution in [3.63, 3.8) is 0 Å². The van der Waals surface area contributed by atoms with Crippen LogP contribution in [0.4, 0.5) is 0 Å². The van der Waals surface area contributed by atoms with Crippen molar-refractivity contribution in [2.75, 3.05) is 0 Å². The maximum atomic E-state index is 11.3. The molecule has 98 valence electrons. The van der Waals surface area contributed by atoms with Crippen molar-refractivity contribution in [2.45, 2.75) is 25.0 Å². The van der Waals surface area contributed by atoms with Gasteiger partial charge in [-0.2, -0.15) is 0 Å². The van der Waals surface area contributed by atoms with Gasteiger partial charge in [-0.15, -0.1) is 10.2 Å². The average molecular weight is 259 g/mol. The monoisotopic (exact) mass is 259 g/mol. The average Bonchev–Trinajstić information content (AvgIpc) is 3.11. The highest BCUT2D eigenvalue weighted by atomic mass is 16.5. The molecule has 0 unspecified atom stereocenters. The van der Waals surface area contributed by atoms with Crippen molar-refractivity contribution in [3.8, 4) is 5.75 Å². The minimum Gasteiger partial charge on any atom is -0.486 e. The van der Waals surface area contributed by atoms with Crippen LogP contribution in [0, 0.1) is 0 Å². The molecule has 1 fully saturated rings. The zero-order valence-electron chi connectivity index (χ0n) is 10.2. The van der Waals surface area contributed by atoms with Gasteiger partial charge in [-0.3, -0.25) is 4.57 Å². The van der Waals surface area contributed by atoms with E-state index in [9.17, 15) is 9.90 Å². The van der Waals surface area contributed by atoms with Gasteiger partial charge in [0.25, 0.3) is 0 Å². The molecule has 0 aliphatic heterocycles. The zero-order chi connectivity index (χ0) is 13.3. The fraction of sp³-hybridized carbons (Fsp3) is 0.308. The first kappa shape index (κ1) is 11.7. The maximum Gasteiger partial charge on any atom is 0.329 e. The number of nitrogens with zero attached hydrogens (tertiary/aromatic N) is 3. The maximum absolute atomic E-state index is 11.3. The molecule has 6 nitrogen and oxygen atoms in total. The molecule has 0 amide bonds. The third kappa shape index (κ3) is 2.05. The topological polar surface area (TPSA) is 77.2 Å². The van der Waals surface area contributed by atoms with Crippen molar-refractivity contribution in [1.82, 2.24) is 14.8 Å². The van der Waals surface area contributed by atoms with Crippen LogP contribution in [0.2, 0.25) is 0 Å². The van der Waals surface area contributed by atoms with Gasteiger partial charge >= 0.3 is 5.97 Å². The zero-order valence-corrected chi connectivity index (χ0v) is 10.2. The Bertz CT molecular complexity index is 590. The van der Waals surface area contributed by atoms with E-state index in [1.807, 2.05) is 30.3 Å². The molecule has 1 aromatic heterocycles. The smallest absolute Gasteiger partial charge is 0.329 e. The van der Waals surface area contributed by atoms with Crippen LogP contribution in [-0.4, -0.2) is 25.8 Å². The molecule has 1 N–H and O–H groups in total. The van der Waals surface area contributed by atoms with Gasteiger partial charge in [-0.25, -0.2) is 4.79 Å². The third-order valence-electron chi connectivity index (χ3n) is 3.31. The quantitative estimate of drug-likeness (QED) is 0.878. The molecule has 0 radical (unpaired) electrons. The molecule has 2 aromatic rings. The van der Waals surface area contributed by atoms with Gasteiger partial charge in [-0.05, 0) is 25.0 Å². The first-order valence-electron chi connectivity index (χ1n) is 6.03. The molecule has 19 heavy (non-hydrogen) atoms. The summed E-state index contributed by atoms with van der Waals surface area (Å²) in [7, 11) is 0. The largest absolute Gasteiger partial charge is 0.486 e. The summed E-state index contributed by atoms with van der Waals surface area (Å²) in [6.45, 7) is 0.207. The van der Waals surface area contributed by atoms with Gasteiger partial charge in [0.1, 0.15) is 24.2 Å². The van der Waals surface area contributed by atoms with Crippen LogP contribution in [0.3, 0.4) is 0 Å². The third-order valence-corrected chi connectivity index (χ3v) is 3.31. The summed E-state index contributed by atoms with van der Waals surface area (Å²) in [5.41, 5.74) is -0.862. The summed E-state index contributed by atoms with van der Waals surface area (Å²) in [6, 6.07) is 9.33. The minimum atomic E-state index is -0.862. The number of rotatable bonds is 5. The summed E-state index contributed by atoms with van der Waals surface area (Å²) in [6.07, 6.45) is 2.68. The number of carbonyl (C=O) groups is 1. The molecule has 0 bridgehead atoms. The molecule has 6 heteroatoms. The van der Waals surface area contributed by atoms with Crippen molar-refractivity contribution >= 4 is 5.97 Å². The molecule has 0 spiro atoms. The van der Waals surface area contributed by atoms with Crippen molar-refractivity contribution in [1.29, 1.82) is 0 Å². The van der Waals surface area contributed by atoms with E-state index >= 15 is 0 Å². The van der Waals surface area contributed by atoms with Crippen LogP contribution in [-0.2, 0) is 16.9 Å². The second-order valence-corrected chi connectivity index (χ2v) is 4.56. The number of carboxylic acids is 1. The summed E-state index contributed by atoms with van der Waals surface area (Å²) in [5, 5.41) is 17.0. The van der Waals surface area contributed by atoms with E-state index in [0.29, 0.717) is 18.7 Å². The van der Waals surface area contributed by atoms with Gasteiger partial charge in [0.2, 0.25) is 0 Å². The molecule has 1 heterocycles. The van der Waals surface area contributed by atoms with Crippen LogP contribution in [0.15, 0.2) is 36.7 Å². The fourth-order valence-electron chi connectivity index (χ4n) is 2.06. The van der Waals surface area contributed by atoms with Gasteiger partial charge in [0.05, 0.1) is 0 Å². The first-order valence-corrected chi connectivity index (χ1v) is 6.03. The highest BCUT2D eigenvalue weighted by molar-refractivity contribution is 5.80. The van der Waals surface area contributed by atoms with E-state index in [0.717, 1.165) is 5.75 Å². The lowest BCUT2D eigenvalue weighted by Gasteiger charge is -2.14. The van der Waals surface area contributed by atoms with E-state index in [-0.39, 0.29) is 6.61 Å². The number of hydrogen-bond acceptors (Lipinski definition) is 4. The van der Waals surface area contributed by atoms with E-state index in [1.165, 1.54) is 6.33 Å². The Kier molecular flexibility index (Phi) is 2.70. The van der Waals surface area contributed by atoms with Gasteiger partial charge in [0.15, 0.2) is 5.82 Å². The molecule has 3 rings (SSSR count). The van der Waals surface area contributed by atoms with Crippen molar-refractivity contribution in [2.24, 2.45) is 0 Å². The second-order valence-electron chi connectivity index (χ2n) is 4.56. The Balaban J connectivity index is 1.77. The molecule has 1 aliphatic rings. The van der Waals surface area contributed by atoms with Gasteiger partial charge < -0.3 is 9.84 Å². The molecule has 1 saturated carbocycles. The van der Waals surface area contributed by atoms with Crippen molar-refractivity contribution in [3.05, 3.63) is 42.5 Å². The van der Waals surface area contributed by atoms with E-state index in [2.05, 4.69) is 10.2 Å². The Hall–Kier alpha value is -2.37. The van der Waals surface area contributed by atoms with Crippen LogP contribution < -0.4 is 4.74 Å². The summed E-state index contributed by atoms with van der Waals surface area (Å²) >= 11 is 0. The van der Waals surface area contributed by atoms with Crippen LogP contribution in [0.25, 0.3) is 0 Å². The van der Waals surface area contributed by atoms with E-state index in [4.69, 9.17) is 4.74 Å². The van der Waals surface area contributed by atoms with Crippen LogP contribution >= 0.6 is 0 Å². The molecule has 1 aromatic carbocycles. The molecule has 0 saturated heterocycles. The fourth-order valence-corrected chi connectivity index (χ4v) is 2.06. The summed E-state index contributed by atoms with van der Waals surface area (Å²) < 4.78 is 7.19. The predicted octanol–water partition coefficient (Wildman–Crippen LogP) is 1.43. The Morgan fingerprint density at radius 2 is 2.11 bits per heavy atom. The normalized spacial score (nSPS) is 16.0. The molecular formula is C13H13N3O3. The number of carboxylic acid groups (broad SMARTS) is 1. The lowest BCUT2D eigenvalue weighted by atomic mass is 10.2. The number of hydrogen-bond donors (Lipinski definition) is 1. The number of aromatic nitrogens is 3. The highest BCUT2D eigenvalue weighted by Crippen LogP contribution is 2.44. The number of para-hydroxylation sites is 1. The summed E-state index contributed by atoms with van der Waals surface area (Å²) in [4.78, 5) is 11.3. The van der Waals surface area contributed by atoms with E-state index in [1.54, 1.807) is 4.57 Å². The Labute approximate surface area is 109 Å². The minimum absolute atomic E-state index is 0.207. The lowest BCUT2D eigenvalue weighted by molar-refractivity contribution is -0.142. The molecule has 0 atom stereocenters.